The number of amides is 1. The topological polar surface area (TPSA) is 71.2 Å². The van der Waals surface area contributed by atoms with E-state index in [1.165, 1.54) is 6.07 Å². The summed E-state index contributed by atoms with van der Waals surface area (Å²) in [5.74, 6) is -0.408. The minimum atomic E-state index is -0.295. The smallest absolute Gasteiger partial charge is 0.248 e. The summed E-state index contributed by atoms with van der Waals surface area (Å²) in [6, 6.07) is 6.77. The fraction of sp³-hybridized carbons (Fsp3) is 0.231. The van der Waals surface area contributed by atoms with Gasteiger partial charge in [-0.1, -0.05) is 6.07 Å². The number of H-pyrrole nitrogens is 1. The molecule has 1 aromatic heterocycles. The molecule has 19 heavy (non-hydrogen) atoms. The molecule has 0 aliphatic carbocycles. The van der Waals surface area contributed by atoms with Crippen LogP contribution in [0.3, 0.4) is 0 Å². The largest absolute Gasteiger partial charge is 0.380 e. The highest BCUT2D eigenvalue weighted by atomic mass is 35.5. The van der Waals surface area contributed by atoms with Gasteiger partial charge in [-0.25, -0.2) is 0 Å². The van der Waals surface area contributed by atoms with Crippen molar-refractivity contribution < 1.29 is 9.53 Å². The number of halogens is 1. The van der Waals surface area contributed by atoms with Gasteiger partial charge in [0.2, 0.25) is 11.5 Å². The molecule has 0 unspecified atom stereocenters. The predicted octanol–water partition coefficient (Wildman–Crippen LogP) is 1.85. The van der Waals surface area contributed by atoms with Crippen LogP contribution in [0, 0.1) is 0 Å². The van der Waals surface area contributed by atoms with Crippen LogP contribution in [0.25, 0.3) is 10.9 Å². The highest BCUT2D eigenvalue weighted by molar-refractivity contribution is 6.29. The van der Waals surface area contributed by atoms with E-state index in [9.17, 15) is 9.59 Å². The van der Waals surface area contributed by atoms with E-state index in [1.807, 2.05) is 6.07 Å². The number of anilines is 1. The van der Waals surface area contributed by atoms with Gasteiger partial charge in [0.05, 0.1) is 12.1 Å². The Morgan fingerprint density at radius 3 is 2.89 bits per heavy atom. The molecule has 5 nitrogen and oxygen atoms in total. The maximum Gasteiger partial charge on any atom is 0.248 e. The Kier molecular flexibility index (Phi) is 4.19. The van der Waals surface area contributed by atoms with Crippen molar-refractivity contribution in [1.82, 2.24) is 4.98 Å². The number of aromatic nitrogens is 1. The van der Waals surface area contributed by atoms with Gasteiger partial charge in [0.1, 0.15) is 5.88 Å². The molecule has 0 saturated heterocycles. The molecule has 0 radical (unpaired) electrons. The lowest BCUT2D eigenvalue weighted by Crippen LogP contribution is -2.13. The van der Waals surface area contributed by atoms with Crippen molar-refractivity contribution in [3.63, 3.8) is 0 Å². The number of ether oxygens (including phenoxy) is 1. The van der Waals surface area contributed by atoms with Crippen molar-refractivity contribution in [2.75, 3.05) is 18.3 Å². The molecule has 6 heteroatoms. The third-order valence-corrected chi connectivity index (χ3v) is 2.88. The van der Waals surface area contributed by atoms with E-state index >= 15 is 0 Å². The number of hydrogen-bond donors (Lipinski definition) is 2. The zero-order valence-electron chi connectivity index (χ0n) is 10.3. The van der Waals surface area contributed by atoms with Gasteiger partial charge in [-0.3, -0.25) is 9.59 Å². The van der Waals surface area contributed by atoms with Crippen molar-refractivity contribution in [2.24, 2.45) is 0 Å². The number of hydrogen-bond acceptors (Lipinski definition) is 3. The summed E-state index contributed by atoms with van der Waals surface area (Å²) in [5.41, 5.74) is 1.83. The van der Waals surface area contributed by atoms with Gasteiger partial charge in [-0.2, -0.15) is 0 Å². The average molecular weight is 281 g/mol. The Hall–Kier alpha value is -1.85. The SMILES string of the molecule is COCc1cc(=O)[nH]c2cc(NC(=O)CCl)ccc12. The molecule has 0 aliphatic rings. The number of rotatable bonds is 4. The second-order valence-corrected chi connectivity index (χ2v) is 4.30. The number of carbonyl (C=O) groups is 1. The molecule has 0 aliphatic heterocycles. The third kappa shape index (κ3) is 3.13. The lowest BCUT2D eigenvalue weighted by molar-refractivity contribution is -0.113. The van der Waals surface area contributed by atoms with Crippen LogP contribution in [0.2, 0.25) is 0 Å². The van der Waals surface area contributed by atoms with Crippen molar-refractivity contribution >= 4 is 34.1 Å². The third-order valence-electron chi connectivity index (χ3n) is 2.63. The summed E-state index contributed by atoms with van der Waals surface area (Å²) in [7, 11) is 1.57. The second-order valence-electron chi connectivity index (χ2n) is 4.03. The van der Waals surface area contributed by atoms with Crippen LogP contribution in [-0.2, 0) is 16.1 Å². The Labute approximate surface area is 114 Å². The summed E-state index contributed by atoms with van der Waals surface area (Å²) in [5, 5.41) is 3.51. The molecule has 100 valence electrons. The van der Waals surface area contributed by atoms with E-state index in [0.717, 1.165) is 10.9 Å². The molecule has 2 aromatic rings. The average Bonchev–Trinajstić information content (AvgIpc) is 2.38. The number of pyridine rings is 1. The highest BCUT2D eigenvalue weighted by Crippen LogP contribution is 2.20. The first-order chi connectivity index (χ1) is 9.13. The molecule has 0 spiro atoms. The van der Waals surface area contributed by atoms with Gasteiger partial charge in [-0.05, 0) is 17.7 Å². The molecule has 2 N–H and O–H groups in total. The number of alkyl halides is 1. The standard InChI is InChI=1S/C13H13ClN2O3/c1-19-7-8-4-12(17)16-11-5-9(2-3-10(8)11)15-13(18)6-14/h2-5H,6-7H2,1H3,(H,15,18)(H,16,17). The van der Waals surface area contributed by atoms with Gasteiger partial charge < -0.3 is 15.0 Å². The maximum atomic E-state index is 11.5. The van der Waals surface area contributed by atoms with Crippen molar-refractivity contribution in [2.45, 2.75) is 6.61 Å². The van der Waals surface area contributed by atoms with Gasteiger partial charge in [-0.15, -0.1) is 11.6 Å². The van der Waals surface area contributed by atoms with Gasteiger partial charge in [0.25, 0.3) is 0 Å². The number of carbonyl (C=O) groups excluding carboxylic acids is 1. The van der Waals surface area contributed by atoms with Crippen LogP contribution < -0.4 is 10.9 Å². The summed E-state index contributed by atoms with van der Waals surface area (Å²) in [4.78, 5) is 25.5. The van der Waals surface area contributed by atoms with Crippen molar-refractivity contribution in [3.8, 4) is 0 Å². The molecule has 1 amide bonds. The summed E-state index contributed by atoms with van der Waals surface area (Å²) in [6.45, 7) is 0.355. The predicted molar refractivity (Wildman–Crippen MR) is 74.6 cm³/mol. The summed E-state index contributed by atoms with van der Waals surface area (Å²) in [6.07, 6.45) is 0. The van der Waals surface area contributed by atoms with E-state index in [1.54, 1.807) is 19.2 Å². The zero-order chi connectivity index (χ0) is 13.8. The minimum Gasteiger partial charge on any atom is -0.380 e. The fourth-order valence-corrected chi connectivity index (χ4v) is 1.95. The molecule has 2 rings (SSSR count). The van der Waals surface area contributed by atoms with E-state index in [2.05, 4.69) is 10.3 Å². The quantitative estimate of drug-likeness (QED) is 0.840. The van der Waals surface area contributed by atoms with Crippen LogP contribution in [-0.4, -0.2) is 23.9 Å². The number of methoxy groups -OCH3 is 1. The van der Waals surface area contributed by atoms with E-state index in [0.29, 0.717) is 17.8 Å². The Balaban J connectivity index is 2.48. The molecule has 1 aromatic carbocycles. The van der Waals surface area contributed by atoms with E-state index in [-0.39, 0.29) is 17.3 Å². The summed E-state index contributed by atoms with van der Waals surface area (Å²) >= 11 is 5.43. The normalized spacial score (nSPS) is 10.6. The molecule has 0 bridgehead atoms. The molecule has 0 fully saturated rings. The van der Waals surface area contributed by atoms with Crippen LogP contribution in [0.4, 0.5) is 5.69 Å². The monoisotopic (exact) mass is 280 g/mol. The second kappa shape index (κ2) is 5.86. The van der Waals surface area contributed by atoms with Gasteiger partial charge in [0.15, 0.2) is 0 Å². The number of fused-ring (bicyclic) bond motifs is 1. The molecule has 1 heterocycles. The van der Waals surface area contributed by atoms with Gasteiger partial charge in [0, 0.05) is 24.2 Å². The van der Waals surface area contributed by atoms with Gasteiger partial charge >= 0.3 is 0 Å². The Morgan fingerprint density at radius 2 is 2.21 bits per heavy atom. The lowest BCUT2D eigenvalue weighted by Gasteiger charge is -2.08. The molecular weight excluding hydrogens is 268 g/mol. The van der Waals surface area contributed by atoms with Crippen LogP contribution in [0.5, 0.6) is 0 Å². The van der Waals surface area contributed by atoms with E-state index in [4.69, 9.17) is 16.3 Å². The van der Waals surface area contributed by atoms with E-state index < -0.39 is 0 Å². The highest BCUT2D eigenvalue weighted by Gasteiger charge is 2.06. The minimum absolute atomic E-state index is 0.113. The number of benzene rings is 1. The summed E-state index contributed by atoms with van der Waals surface area (Å²) < 4.78 is 5.06. The Bertz CT molecular complexity index is 666. The van der Waals surface area contributed by atoms with Crippen molar-refractivity contribution in [3.05, 3.63) is 40.2 Å². The fourth-order valence-electron chi connectivity index (χ4n) is 1.88. The van der Waals surface area contributed by atoms with Crippen LogP contribution in [0.15, 0.2) is 29.1 Å². The molecular formula is C13H13ClN2O3. The molecule has 0 atom stereocenters. The first-order valence-corrected chi connectivity index (χ1v) is 6.18. The number of nitrogens with one attached hydrogen (secondary N) is 2. The lowest BCUT2D eigenvalue weighted by atomic mass is 10.1. The van der Waals surface area contributed by atoms with Crippen LogP contribution >= 0.6 is 11.6 Å². The first kappa shape index (κ1) is 13.6. The number of aromatic amines is 1. The first-order valence-electron chi connectivity index (χ1n) is 5.64. The van der Waals surface area contributed by atoms with Crippen LogP contribution in [0.1, 0.15) is 5.56 Å². The Morgan fingerprint density at radius 1 is 1.42 bits per heavy atom. The van der Waals surface area contributed by atoms with Crippen molar-refractivity contribution in [1.29, 1.82) is 0 Å². The zero-order valence-corrected chi connectivity index (χ0v) is 11.1. The maximum absolute atomic E-state index is 11.5. The molecule has 0 saturated carbocycles.